The molecule has 4 N–H and O–H groups in total. The first-order valence-corrected chi connectivity index (χ1v) is 3.52. The van der Waals surface area contributed by atoms with Crippen LogP contribution in [-0.4, -0.2) is 57.8 Å². The Morgan fingerprint density at radius 2 is 1.92 bits per heavy atom. The number of alkyl halides is 1. The highest BCUT2D eigenvalue weighted by molar-refractivity contribution is 4.91. The fourth-order valence-electron chi connectivity index (χ4n) is 1.16. The zero-order valence-corrected chi connectivity index (χ0v) is 6.17. The number of ether oxygens (including phenoxy) is 1. The van der Waals surface area contributed by atoms with Crippen molar-refractivity contribution in [2.45, 2.75) is 30.8 Å². The standard InChI is InChI=1S/C6H11FO5/c7-6(11)5-4(10)3(9)2(1-8)12-5/h2-6,8-11H,1H2/t2-,3-,4+,5+,6?/m1/s1. The van der Waals surface area contributed by atoms with Crippen molar-refractivity contribution in [3.8, 4) is 0 Å². The predicted molar refractivity (Wildman–Crippen MR) is 34.9 cm³/mol. The monoisotopic (exact) mass is 182 g/mol. The van der Waals surface area contributed by atoms with Crippen LogP contribution >= 0.6 is 0 Å². The van der Waals surface area contributed by atoms with Gasteiger partial charge in [-0.3, -0.25) is 0 Å². The van der Waals surface area contributed by atoms with Crippen LogP contribution in [0.4, 0.5) is 4.39 Å². The van der Waals surface area contributed by atoms with Gasteiger partial charge in [0, 0.05) is 0 Å². The average molecular weight is 182 g/mol. The molecule has 1 unspecified atom stereocenters. The van der Waals surface area contributed by atoms with Crippen LogP contribution in [0.25, 0.3) is 0 Å². The number of rotatable bonds is 2. The summed E-state index contributed by atoms with van der Waals surface area (Å²) >= 11 is 0. The molecule has 1 fully saturated rings. The summed E-state index contributed by atoms with van der Waals surface area (Å²) in [6, 6.07) is 0. The molecule has 6 heteroatoms. The van der Waals surface area contributed by atoms with Gasteiger partial charge in [-0.2, -0.15) is 0 Å². The molecule has 0 bridgehead atoms. The van der Waals surface area contributed by atoms with Crippen molar-refractivity contribution in [2.24, 2.45) is 0 Å². The van der Waals surface area contributed by atoms with Gasteiger partial charge < -0.3 is 25.2 Å². The molecule has 1 heterocycles. The molecule has 1 aliphatic heterocycles. The molecule has 5 atom stereocenters. The number of aliphatic hydroxyl groups is 4. The summed E-state index contributed by atoms with van der Waals surface area (Å²) in [6.45, 7) is -0.526. The van der Waals surface area contributed by atoms with Gasteiger partial charge in [0.25, 0.3) is 0 Å². The third kappa shape index (κ3) is 1.57. The Bertz CT molecular complexity index is 153. The number of halogens is 1. The Morgan fingerprint density at radius 1 is 1.33 bits per heavy atom. The maximum atomic E-state index is 12.2. The van der Waals surface area contributed by atoms with Crippen LogP contribution in [0, 0.1) is 0 Å². The molecule has 0 aliphatic carbocycles. The summed E-state index contributed by atoms with van der Waals surface area (Å²) in [5.74, 6) is 0. The molecule has 72 valence electrons. The van der Waals surface area contributed by atoms with E-state index in [-0.39, 0.29) is 0 Å². The zero-order chi connectivity index (χ0) is 9.30. The lowest BCUT2D eigenvalue weighted by Crippen LogP contribution is -2.37. The summed E-state index contributed by atoms with van der Waals surface area (Å²) in [5, 5.41) is 35.1. The fraction of sp³-hybridized carbons (Fsp3) is 1.00. The van der Waals surface area contributed by atoms with Gasteiger partial charge in [-0.25, -0.2) is 4.39 Å². The first-order chi connectivity index (χ1) is 5.57. The van der Waals surface area contributed by atoms with Gasteiger partial charge in [-0.15, -0.1) is 0 Å². The number of aliphatic hydroxyl groups excluding tert-OH is 4. The van der Waals surface area contributed by atoms with E-state index in [0.29, 0.717) is 0 Å². The summed E-state index contributed by atoms with van der Waals surface area (Å²) in [4.78, 5) is 0. The van der Waals surface area contributed by atoms with Crippen molar-refractivity contribution in [3.05, 3.63) is 0 Å². The SMILES string of the molecule is OC[C@H]1O[C@H](C(O)F)[C@@H](O)[C@@H]1O. The normalized spacial score (nSPS) is 44.8. The topological polar surface area (TPSA) is 90.2 Å². The van der Waals surface area contributed by atoms with Crippen LogP contribution < -0.4 is 0 Å². The molecule has 0 aromatic rings. The summed E-state index contributed by atoms with van der Waals surface area (Å²) in [5.41, 5.74) is 0. The summed E-state index contributed by atoms with van der Waals surface area (Å²) < 4.78 is 16.8. The van der Waals surface area contributed by atoms with E-state index in [1.165, 1.54) is 0 Å². The Balaban J connectivity index is 2.60. The largest absolute Gasteiger partial charge is 0.394 e. The van der Waals surface area contributed by atoms with E-state index in [4.69, 9.17) is 20.4 Å². The molecule has 0 aromatic heterocycles. The fourth-order valence-corrected chi connectivity index (χ4v) is 1.16. The maximum Gasteiger partial charge on any atom is 0.225 e. The quantitative estimate of drug-likeness (QED) is 0.387. The predicted octanol–water partition coefficient (Wildman–Crippen LogP) is -2.24. The van der Waals surface area contributed by atoms with Crippen LogP contribution in [-0.2, 0) is 4.74 Å². The molecule has 0 radical (unpaired) electrons. The van der Waals surface area contributed by atoms with E-state index in [1.54, 1.807) is 0 Å². The van der Waals surface area contributed by atoms with Gasteiger partial charge in [0.2, 0.25) is 6.36 Å². The zero-order valence-electron chi connectivity index (χ0n) is 6.17. The van der Waals surface area contributed by atoms with Crippen LogP contribution in [0.2, 0.25) is 0 Å². The molecule has 1 saturated heterocycles. The minimum atomic E-state index is -2.36. The molecule has 12 heavy (non-hydrogen) atoms. The highest BCUT2D eigenvalue weighted by Crippen LogP contribution is 2.23. The van der Waals surface area contributed by atoms with Crippen LogP contribution in [0.1, 0.15) is 0 Å². The first kappa shape index (κ1) is 9.82. The number of hydrogen-bond donors (Lipinski definition) is 4. The molecular weight excluding hydrogens is 171 g/mol. The average Bonchev–Trinajstić information content (AvgIpc) is 2.30. The summed E-state index contributed by atoms with van der Waals surface area (Å²) in [7, 11) is 0. The second-order valence-electron chi connectivity index (χ2n) is 2.68. The smallest absolute Gasteiger partial charge is 0.225 e. The van der Waals surface area contributed by atoms with Gasteiger partial charge in [0.1, 0.15) is 24.4 Å². The minimum Gasteiger partial charge on any atom is -0.394 e. The molecule has 0 amide bonds. The van der Waals surface area contributed by atoms with Crippen LogP contribution in [0.5, 0.6) is 0 Å². The van der Waals surface area contributed by atoms with Gasteiger partial charge in [-0.05, 0) is 0 Å². The second-order valence-corrected chi connectivity index (χ2v) is 2.68. The van der Waals surface area contributed by atoms with Gasteiger partial charge >= 0.3 is 0 Å². The van der Waals surface area contributed by atoms with Crippen LogP contribution in [0.15, 0.2) is 0 Å². The Kier molecular flexibility index (Phi) is 2.97. The van der Waals surface area contributed by atoms with Gasteiger partial charge in [0.05, 0.1) is 6.61 Å². The van der Waals surface area contributed by atoms with Crippen LogP contribution in [0.3, 0.4) is 0 Å². The number of hydrogen-bond acceptors (Lipinski definition) is 5. The van der Waals surface area contributed by atoms with Crippen molar-refractivity contribution in [2.75, 3.05) is 6.61 Å². The maximum absolute atomic E-state index is 12.2. The van der Waals surface area contributed by atoms with Crippen molar-refractivity contribution in [3.63, 3.8) is 0 Å². The van der Waals surface area contributed by atoms with E-state index in [0.717, 1.165) is 0 Å². The first-order valence-electron chi connectivity index (χ1n) is 3.52. The highest BCUT2D eigenvalue weighted by Gasteiger charge is 2.45. The van der Waals surface area contributed by atoms with Gasteiger partial charge in [0.15, 0.2) is 0 Å². The van der Waals surface area contributed by atoms with Crippen molar-refractivity contribution in [1.82, 2.24) is 0 Å². The van der Waals surface area contributed by atoms with Crippen molar-refractivity contribution >= 4 is 0 Å². The lowest BCUT2D eigenvalue weighted by atomic mass is 10.1. The third-order valence-electron chi connectivity index (χ3n) is 1.85. The van der Waals surface area contributed by atoms with Crippen molar-refractivity contribution < 1.29 is 29.6 Å². The molecule has 1 aliphatic rings. The lowest BCUT2D eigenvalue weighted by molar-refractivity contribution is -0.123. The Hall–Kier alpha value is -0.270. The molecular formula is C6H11FO5. The third-order valence-corrected chi connectivity index (χ3v) is 1.85. The molecule has 0 aromatic carbocycles. The van der Waals surface area contributed by atoms with Crippen molar-refractivity contribution in [1.29, 1.82) is 0 Å². The molecule has 5 nitrogen and oxygen atoms in total. The summed E-state index contributed by atoms with van der Waals surface area (Å²) in [6.07, 6.45) is -7.72. The lowest BCUT2D eigenvalue weighted by Gasteiger charge is -2.13. The Morgan fingerprint density at radius 3 is 2.17 bits per heavy atom. The van der Waals surface area contributed by atoms with E-state index in [9.17, 15) is 4.39 Å². The molecule has 0 saturated carbocycles. The van der Waals surface area contributed by atoms with E-state index in [1.807, 2.05) is 0 Å². The van der Waals surface area contributed by atoms with E-state index < -0.39 is 37.4 Å². The molecule has 0 spiro atoms. The van der Waals surface area contributed by atoms with Gasteiger partial charge in [-0.1, -0.05) is 0 Å². The van der Waals surface area contributed by atoms with E-state index in [2.05, 4.69) is 4.74 Å². The Labute approximate surface area is 68.0 Å². The second kappa shape index (κ2) is 3.63. The van der Waals surface area contributed by atoms with E-state index >= 15 is 0 Å². The molecule has 1 rings (SSSR count). The highest BCUT2D eigenvalue weighted by atomic mass is 19.1. The minimum absolute atomic E-state index is 0.526.